The predicted octanol–water partition coefficient (Wildman–Crippen LogP) is 1.93. The van der Waals surface area contributed by atoms with Gasteiger partial charge >= 0.3 is 0 Å². The minimum atomic E-state index is 0.365. The predicted molar refractivity (Wildman–Crippen MR) is 72.2 cm³/mol. The van der Waals surface area contributed by atoms with Crippen LogP contribution in [0.3, 0.4) is 0 Å². The summed E-state index contributed by atoms with van der Waals surface area (Å²) in [5.74, 6) is 0.800. The van der Waals surface area contributed by atoms with Crippen molar-refractivity contribution in [3.63, 3.8) is 0 Å². The number of fused-ring (bicyclic) bond motifs is 1. The first-order valence-electron chi connectivity index (χ1n) is 6.89. The Morgan fingerprint density at radius 2 is 2.17 bits per heavy atom. The molecule has 18 heavy (non-hydrogen) atoms. The maximum absolute atomic E-state index is 5.96. The fraction of sp³-hybridized carbons (Fsp3) is 0.600. The molecular weight excluding hydrogens is 224 g/mol. The van der Waals surface area contributed by atoms with Crippen LogP contribution >= 0.6 is 0 Å². The molecule has 2 atom stereocenters. The van der Waals surface area contributed by atoms with E-state index in [4.69, 9.17) is 10.5 Å². The van der Waals surface area contributed by atoms with Crippen molar-refractivity contribution in [2.24, 2.45) is 11.7 Å². The Kier molecular flexibility index (Phi) is 3.37. The largest absolute Gasteiger partial charge is 0.375 e. The fourth-order valence-corrected chi connectivity index (χ4v) is 3.10. The zero-order chi connectivity index (χ0) is 12.5. The van der Waals surface area contributed by atoms with Crippen LogP contribution in [0.4, 0.5) is 0 Å². The first-order valence-corrected chi connectivity index (χ1v) is 6.89. The second-order valence-electron chi connectivity index (χ2n) is 5.54. The Morgan fingerprint density at radius 1 is 1.39 bits per heavy atom. The van der Waals surface area contributed by atoms with Crippen LogP contribution in [0.1, 0.15) is 30.0 Å². The molecule has 0 amide bonds. The molecule has 98 valence electrons. The number of likely N-dealkylation sites (N-methyl/N-ethyl adjacent to an activating group) is 1. The van der Waals surface area contributed by atoms with Gasteiger partial charge in [-0.2, -0.15) is 0 Å². The highest BCUT2D eigenvalue weighted by molar-refractivity contribution is 5.31. The van der Waals surface area contributed by atoms with Crippen molar-refractivity contribution in [1.82, 2.24) is 4.90 Å². The van der Waals surface area contributed by atoms with Crippen LogP contribution in [-0.2, 0) is 11.3 Å². The lowest BCUT2D eigenvalue weighted by atomic mass is 9.96. The van der Waals surface area contributed by atoms with Crippen LogP contribution in [0.25, 0.3) is 0 Å². The van der Waals surface area contributed by atoms with Gasteiger partial charge in [0.2, 0.25) is 0 Å². The second kappa shape index (κ2) is 5.00. The number of benzene rings is 1. The highest BCUT2D eigenvalue weighted by Crippen LogP contribution is 2.38. The lowest BCUT2D eigenvalue weighted by molar-refractivity contribution is 0.0236. The molecule has 1 aromatic carbocycles. The molecule has 0 aromatic heterocycles. The van der Waals surface area contributed by atoms with Crippen LogP contribution < -0.4 is 5.73 Å². The van der Waals surface area contributed by atoms with Crippen molar-refractivity contribution in [3.8, 4) is 0 Å². The van der Waals surface area contributed by atoms with Gasteiger partial charge in [0.05, 0.1) is 19.3 Å². The monoisotopic (exact) mass is 246 g/mol. The number of nitrogens with two attached hydrogens (primary N) is 1. The van der Waals surface area contributed by atoms with Crippen molar-refractivity contribution in [1.29, 1.82) is 0 Å². The number of hydrogen-bond donors (Lipinski definition) is 1. The summed E-state index contributed by atoms with van der Waals surface area (Å²) < 4.78 is 5.74. The molecule has 1 aliphatic heterocycles. The van der Waals surface area contributed by atoms with E-state index >= 15 is 0 Å². The molecular formula is C15H22N2O. The van der Waals surface area contributed by atoms with E-state index in [0.29, 0.717) is 12.1 Å². The number of rotatable bonds is 4. The third-order valence-electron chi connectivity index (χ3n) is 4.37. The highest BCUT2D eigenvalue weighted by Gasteiger charge is 2.37. The van der Waals surface area contributed by atoms with E-state index in [-0.39, 0.29) is 0 Å². The van der Waals surface area contributed by atoms with E-state index in [2.05, 4.69) is 36.2 Å². The van der Waals surface area contributed by atoms with Gasteiger partial charge < -0.3 is 10.5 Å². The van der Waals surface area contributed by atoms with E-state index in [9.17, 15) is 0 Å². The third-order valence-corrected chi connectivity index (χ3v) is 4.37. The van der Waals surface area contributed by atoms with Gasteiger partial charge in [-0.1, -0.05) is 24.3 Å². The topological polar surface area (TPSA) is 38.5 Å². The van der Waals surface area contributed by atoms with E-state index in [0.717, 1.165) is 25.7 Å². The zero-order valence-electron chi connectivity index (χ0n) is 11.0. The summed E-state index contributed by atoms with van der Waals surface area (Å²) >= 11 is 0. The molecule has 0 bridgehead atoms. The fourth-order valence-electron chi connectivity index (χ4n) is 3.10. The molecule has 0 spiro atoms. The Hall–Kier alpha value is -0.900. The van der Waals surface area contributed by atoms with Gasteiger partial charge in [0.25, 0.3) is 0 Å². The summed E-state index contributed by atoms with van der Waals surface area (Å²) in [6, 6.07) is 9.49. The van der Waals surface area contributed by atoms with Gasteiger partial charge in [-0.05, 0) is 36.9 Å². The van der Waals surface area contributed by atoms with E-state index in [1.54, 1.807) is 0 Å². The minimum Gasteiger partial charge on any atom is -0.375 e. The van der Waals surface area contributed by atoms with Crippen molar-refractivity contribution in [2.45, 2.75) is 31.5 Å². The van der Waals surface area contributed by atoms with Gasteiger partial charge in [-0.3, -0.25) is 4.90 Å². The molecule has 2 N–H and O–H groups in total. The van der Waals surface area contributed by atoms with E-state index < -0.39 is 0 Å². The van der Waals surface area contributed by atoms with Crippen LogP contribution in [0.2, 0.25) is 0 Å². The molecule has 3 nitrogen and oxygen atoms in total. The first kappa shape index (κ1) is 12.2. The molecule has 1 saturated carbocycles. The average molecular weight is 246 g/mol. The summed E-state index contributed by atoms with van der Waals surface area (Å²) in [5, 5.41) is 0. The Labute approximate surface area is 109 Å². The van der Waals surface area contributed by atoms with Crippen LogP contribution in [-0.4, -0.2) is 31.1 Å². The molecule has 2 unspecified atom stereocenters. The molecule has 2 aliphatic rings. The lowest BCUT2D eigenvalue weighted by Gasteiger charge is -2.38. The molecule has 1 aromatic rings. The van der Waals surface area contributed by atoms with Gasteiger partial charge in [0.1, 0.15) is 0 Å². The third kappa shape index (κ3) is 2.18. The molecule has 3 rings (SSSR count). The maximum Gasteiger partial charge on any atom is 0.0721 e. The SMILES string of the molecule is CN(C1COCc2ccccc21)C(CN)C1CC1. The summed E-state index contributed by atoms with van der Waals surface area (Å²) in [6.07, 6.45) is 2.67. The van der Waals surface area contributed by atoms with Gasteiger partial charge in [-0.15, -0.1) is 0 Å². The smallest absolute Gasteiger partial charge is 0.0721 e. The van der Waals surface area contributed by atoms with Crippen molar-refractivity contribution in [3.05, 3.63) is 35.4 Å². The van der Waals surface area contributed by atoms with Crippen LogP contribution in [0.15, 0.2) is 24.3 Å². The first-order chi connectivity index (χ1) is 8.81. The number of ether oxygens (including phenoxy) is 1. The quantitative estimate of drug-likeness (QED) is 0.882. The lowest BCUT2D eigenvalue weighted by Crippen LogP contribution is -2.44. The molecule has 1 aliphatic carbocycles. The molecule has 1 heterocycles. The molecule has 1 fully saturated rings. The van der Waals surface area contributed by atoms with Crippen LogP contribution in [0, 0.1) is 5.92 Å². The second-order valence-corrected chi connectivity index (χ2v) is 5.54. The maximum atomic E-state index is 5.96. The molecule has 3 heteroatoms. The number of nitrogens with zero attached hydrogens (tertiary/aromatic N) is 1. The standard InChI is InChI=1S/C15H22N2O/c1-17(14(8-16)11-6-7-11)15-10-18-9-12-4-2-3-5-13(12)15/h2-5,11,14-15H,6-10,16H2,1H3. The summed E-state index contributed by atoms with van der Waals surface area (Å²) in [7, 11) is 2.20. The molecule has 0 radical (unpaired) electrons. The Bertz CT molecular complexity index is 417. The van der Waals surface area contributed by atoms with E-state index in [1.165, 1.54) is 24.0 Å². The highest BCUT2D eigenvalue weighted by atomic mass is 16.5. The summed E-state index contributed by atoms with van der Waals surface area (Å²) in [5.41, 5.74) is 8.71. The van der Waals surface area contributed by atoms with Gasteiger partial charge in [0.15, 0.2) is 0 Å². The van der Waals surface area contributed by atoms with Crippen molar-refractivity contribution < 1.29 is 4.74 Å². The van der Waals surface area contributed by atoms with Crippen molar-refractivity contribution >= 4 is 0 Å². The summed E-state index contributed by atoms with van der Waals surface area (Å²) in [6.45, 7) is 2.29. The van der Waals surface area contributed by atoms with Crippen LogP contribution in [0.5, 0.6) is 0 Å². The minimum absolute atomic E-state index is 0.365. The number of hydrogen-bond acceptors (Lipinski definition) is 3. The normalized spacial score (nSPS) is 24.9. The Morgan fingerprint density at radius 3 is 2.89 bits per heavy atom. The average Bonchev–Trinajstić information content (AvgIpc) is 3.23. The zero-order valence-corrected chi connectivity index (χ0v) is 11.0. The molecule has 0 saturated heterocycles. The summed E-state index contributed by atoms with van der Waals surface area (Å²) in [4.78, 5) is 2.44. The van der Waals surface area contributed by atoms with E-state index in [1.807, 2.05) is 0 Å². The van der Waals surface area contributed by atoms with Crippen molar-refractivity contribution in [2.75, 3.05) is 20.2 Å². The van der Waals surface area contributed by atoms with Gasteiger partial charge in [0, 0.05) is 12.6 Å². The Balaban J connectivity index is 1.84. The van der Waals surface area contributed by atoms with Gasteiger partial charge in [-0.25, -0.2) is 0 Å².